The van der Waals surface area contributed by atoms with Crippen LogP contribution in [0.1, 0.15) is 39.7 Å². The molecule has 1 aromatic heterocycles. The smallest absolute Gasteiger partial charge is 0.240 e. The Morgan fingerprint density at radius 3 is 2.54 bits per heavy atom. The van der Waals surface area contributed by atoms with Gasteiger partial charge >= 0.3 is 0 Å². The lowest BCUT2D eigenvalue weighted by molar-refractivity contribution is -0.136. The number of ketones is 1. The van der Waals surface area contributed by atoms with Crippen molar-refractivity contribution in [2.75, 3.05) is 13.1 Å². The monoisotopic (exact) mass is 331 g/mol. The molecule has 1 amide bonds. The van der Waals surface area contributed by atoms with E-state index in [0.717, 1.165) is 22.9 Å². The Morgan fingerprint density at radius 1 is 1.25 bits per heavy atom. The molecule has 0 fully saturated rings. The van der Waals surface area contributed by atoms with Crippen LogP contribution in [0.2, 0.25) is 0 Å². The average Bonchev–Trinajstić information content (AvgIpc) is 2.98. The van der Waals surface area contributed by atoms with Crippen LogP contribution in [0, 0.1) is 0 Å². The molecule has 0 saturated heterocycles. The maximum Gasteiger partial charge on any atom is 0.240 e. The molecule has 0 bridgehead atoms. The largest absolute Gasteiger partial charge is 0.361 e. The molecule has 0 aliphatic heterocycles. The van der Waals surface area contributed by atoms with Gasteiger partial charge in [0.15, 0.2) is 0 Å². The van der Waals surface area contributed by atoms with Gasteiger partial charge in [-0.1, -0.05) is 39.0 Å². The van der Waals surface area contributed by atoms with E-state index in [0.29, 0.717) is 13.0 Å². The van der Waals surface area contributed by atoms with Crippen LogP contribution in [0.5, 0.6) is 0 Å². The number of nitrogens with one attached hydrogen (secondary N) is 1. The van der Waals surface area contributed by atoms with Crippen LogP contribution in [0.15, 0.2) is 30.5 Å². The summed E-state index contributed by atoms with van der Waals surface area (Å²) in [4.78, 5) is 28.5. The lowest BCUT2D eigenvalue weighted by Crippen LogP contribution is -2.46. The number of hydrogen-bond donors (Lipinski definition) is 2. The first-order valence-electron chi connectivity index (χ1n) is 8.61. The molecule has 0 spiro atoms. The van der Waals surface area contributed by atoms with Crippen molar-refractivity contribution >= 4 is 22.6 Å². The number of nitrogens with zero attached hydrogens (tertiary/aromatic N) is 1. The van der Waals surface area contributed by atoms with Gasteiger partial charge in [-0.25, -0.2) is 0 Å². The minimum absolute atomic E-state index is 0.0268. The number of aromatic amines is 1. The molecule has 0 saturated carbocycles. The van der Waals surface area contributed by atoms with Crippen LogP contribution < -0.4 is 5.73 Å². The molecule has 1 unspecified atom stereocenters. The highest BCUT2D eigenvalue weighted by Gasteiger charge is 2.22. The summed E-state index contributed by atoms with van der Waals surface area (Å²) in [6, 6.07) is 7.30. The van der Waals surface area contributed by atoms with Gasteiger partial charge in [0.05, 0.1) is 12.6 Å². The number of hydrogen-bond acceptors (Lipinski definition) is 3. The zero-order valence-corrected chi connectivity index (χ0v) is 15.1. The highest BCUT2D eigenvalue weighted by Crippen LogP contribution is 2.19. The number of fused-ring (bicyclic) bond motifs is 1. The van der Waals surface area contributed by atoms with Crippen molar-refractivity contribution < 1.29 is 9.59 Å². The Kier molecular flexibility index (Phi) is 8.19. The molecular weight excluding hydrogens is 302 g/mol. The SMILES string of the molecule is CC.CCCN(CC(C)=O)C(=O)C(N)Cc1c[nH]c2ccccc12. The third-order valence-electron chi connectivity index (χ3n) is 3.65. The summed E-state index contributed by atoms with van der Waals surface area (Å²) in [7, 11) is 0. The molecule has 0 aliphatic carbocycles. The van der Waals surface area contributed by atoms with Gasteiger partial charge in [0.25, 0.3) is 0 Å². The van der Waals surface area contributed by atoms with E-state index in [4.69, 9.17) is 5.73 Å². The van der Waals surface area contributed by atoms with Crippen molar-refractivity contribution in [2.24, 2.45) is 5.73 Å². The average molecular weight is 331 g/mol. The Labute approximate surface area is 144 Å². The zero-order valence-electron chi connectivity index (χ0n) is 15.1. The lowest BCUT2D eigenvalue weighted by Gasteiger charge is -2.24. The van der Waals surface area contributed by atoms with Crippen LogP contribution in [-0.4, -0.2) is 40.7 Å². The van der Waals surface area contributed by atoms with Gasteiger partial charge < -0.3 is 15.6 Å². The van der Waals surface area contributed by atoms with E-state index in [1.165, 1.54) is 6.92 Å². The molecule has 2 rings (SSSR count). The fourth-order valence-corrected chi connectivity index (χ4v) is 2.67. The molecule has 0 aliphatic rings. The molecule has 3 N–H and O–H groups in total. The number of amides is 1. The maximum atomic E-state index is 12.5. The van der Waals surface area contributed by atoms with Crippen LogP contribution >= 0.6 is 0 Å². The van der Waals surface area contributed by atoms with Crippen molar-refractivity contribution in [3.8, 4) is 0 Å². The van der Waals surface area contributed by atoms with Crippen LogP contribution in [0.3, 0.4) is 0 Å². The van der Waals surface area contributed by atoms with E-state index < -0.39 is 6.04 Å². The zero-order chi connectivity index (χ0) is 18.1. The van der Waals surface area contributed by atoms with Gasteiger partial charge in [-0.05, 0) is 31.4 Å². The normalized spacial score (nSPS) is 11.5. The van der Waals surface area contributed by atoms with Gasteiger partial charge in [-0.15, -0.1) is 0 Å². The minimum Gasteiger partial charge on any atom is -0.361 e. The van der Waals surface area contributed by atoms with Crippen LogP contribution in [0.4, 0.5) is 0 Å². The number of carbonyl (C=O) groups excluding carboxylic acids is 2. The first kappa shape index (κ1) is 19.9. The quantitative estimate of drug-likeness (QED) is 0.819. The standard InChI is InChI=1S/C17H23N3O2.C2H6/c1-3-8-20(11-12(2)21)17(22)15(18)9-13-10-19-16-7-5-4-6-14(13)16;1-2/h4-7,10,15,19H,3,8-9,11,18H2,1-2H3;1-2H3. The summed E-state index contributed by atoms with van der Waals surface area (Å²) in [5.41, 5.74) is 8.15. The van der Waals surface area contributed by atoms with Gasteiger partial charge in [0.2, 0.25) is 5.91 Å². The Hall–Kier alpha value is -2.14. The number of para-hydroxylation sites is 1. The van der Waals surface area contributed by atoms with E-state index in [1.54, 1.807) is 4.90 Å². The third kappa shape index (κ3) is 5.20. The van der Waals surface area contributed by atoms with Gasteiger partial charge in [-0.3, -0.25) is 9.59 Å². The molecule has 2 aromatic rings. The summed E-state index contributed by atoms with van der Waals surface area (Å²) < 4.78 is 0. The van der Waals surface area contributed by atoms with Gasteiger partial charge in [0.1, 0.15) is 5.78 Å². The van der Waals surface area contributed by atoms with E-state index in [-0.39, 0.29) is 18.2 Å². The summed E-state index contributed by atoms with van der Waals surface area (Å²) in [5, 5.41) is 1.08. The predicted molar refractivity (Wildman–Crippen MR) is 98.9 cm³/mol. The molecule has 0 radical (unpaired) electrons. The molecule has 5 nitrogen and oxygen atoms in total. The first-order chi connectivity index (χ1) is 11.5. The molecule has 1 aromatic carbocycles. The minimum atomic E-state index is -0.634. The number of benzene rings is 1. The summed E-state index contributed by atoms with van der Waals surface area (Å²) in [6.07, 6.45) is 3.16. The molecule has 1 heterocycles. The van der Waals surface area contributed by atoms with Crippen molar-refractivity contribution in [1.29, 1.82) is 0 Å². The molecule has 132 valence electrons. The topological polar surface area (TPSA) is 79.2 Å². The van der Waals surface area contributed by atoms with Crippen molar-refractivity contribution in [1.82, 2.24) is 9.88 Å². The number of Topliss-reactive ketones (excluding diaryl/α,β-unsaturated/α-hetero) is 1. The molecular formula is C19H29N3O2. The number of H-pyrrole nitrogens is 1. The van der Waals surface area contributed by atoms with E-state index >= 15 is 0 Å². The highest BCUT2D eigenvalue weighted by molar-refractivity contribution is 5.89. The fourth-order valence-electron chi connectivity index (χ4n) is 2.67. The lowest BCUT2D eigenvalue weighted by atomic mass is 10.0. The molecule has 1 atom stereocenters. The Balaban J connectivity index is 0.00000139. The summed E-state index contributed by atoms with van der Waals surface area (Å²) >= 11 is 0. The van der Waals surface area contributed by atoms with Crippen molar-refractivity contribution in [2.45, 2.75) is 46.6 Å². The Morgan fingerprint density at radius 2 is 1.92 bits per heavy atom. The second kappa shape index (κ2) is 9.88. The second-order valence-corrected chi connectivity index (χ2v) is 5.63. The summed E-state index contributed by atoms with van der Waals surface area (Å²) in [6.45, 7) is 8.15. The fraction of sp³-hybridized carbons (Fsp3) is 0.474. The maximum absolute atomic E-state index is 12.5. The predicted octanol–water partition coefficient (Wildman–Crippen LogP) is 2.89. The number of carbonyl (C=O) groups is 2. The summed E-state index contributed by atoms with van der Waals surface area (Å²) in [5.74, 6) is -0.191. The third-order valence-corrected chi connectivity index (χ3v) is 3.65. The number of rotatable bonds is 7. The van der Waals surface area contributed by atoms with Crippen molar-refractivity contribution in [3.05, 3.63) is 36.0 Å². The first-order valence-corrected chi connectivity index (χ1v) is 8.61. The highest BCUT2D eigenvalue weighted by atomic mass is 16.2. The number of aromatic nitrogens is 1. The van der Waals surface area contributed by atoms with Gasteiger partial charge in [-0.2, -0.15) is 0 Å². The Bertz CT molecular complexity index is 663. The van der Waals surface area contributed by atoms with Gasteiger partial charge in [0, 0.05) is 23.6 Å². The second-order valence-electron chi connectivity index (χ2n) is 5.63. The number of nitrogens with two attached hydrogens (primary N) is 1. The van der Waals surface area contributed by atoms with Crippen LogP contribution in [0.25, 0.3) is 10.9 Å². The van der Waals surface area contributed by atoms with E-state index in [1.807, 2.05) is 51.2 Å². The van der Waals surface area contributed by atoms with E-state index in [9.17, 15) is 9.59 Å². The van der Waals surface area contributed by atoms with Crippen LogP contribution in [-0.2, 0) is 16.0 Å². The van der Waals surface area contributed by atoms with E-state index in [2.05, 4.69) is 4.98 Å². The molecule has 24 heavy (non-hydrogen) atoms. The van der Waals surface area contributed by atoms with Crippen molar-refractivity contribution in [3.63, 3.8) is 0 Å². The molecule has 5 heteroatoms.